The third-order valence-electron chi connectivity index (χ3n) is 6.02. The van der Waals surface area contributed by atoms with Gasteiger partial charge in [-0.3, -0.25) is 0 Å². The van der Waals surface area contributed by atoms with Crippen LogP contribution < -0.4 is 0 Å². The molecule has 0 spiro atoms. The van der Waals surface area contributed by atoms with Crippen molar-refractivity contribution in [3.8, 4) is 0 Å². The van der Waals surface area contributed by atoms with E-state index in [0.717, 1.165) is 42.4 Å². The summed E-state index contributed by atoms with van der Waals surface area (Å²) < 4.78 is 25.7. The van der Waals surface area contributed by atoms with Gasteiger partial charge in [-0.1, -0.05) is 104 Å². The normalized spacial score (nSPS) is 19.9. The molecule has 0 aromatic heterocycles. The lowest BCUT2D eigenvalue weighted by molar-refractivity contribution is -0.358. The maximum Gasteiger partial charge on any atom is 0.195 e. The van der Waals surface area contributed by atoms with E-state index in [1.807, 2.05) is 54.6 Å². The summed E-state index contributed by atoms with van der Waals surface area (Å²) in [5.41, 5.74) is 3.39. The first-order valence-corrected chi connectivity index (χ1v) is 11.9. The lowest BCUT2D eigenvalue weighted by Crippen LogP contribution is -2.54. The zero-order chi connectivity index (χ0) is 22.8. The van der Waals surface area contributed by atoms with Crippen molar-refractivity contribution in [3.05, 3.63) is 108 Å². The summed E-state index contributed by atoms with van der Waals surface area (Å²) in [4.78, 5) is 0. The molecule has 4 heteroatoms. The first kappa shape index (κ1) is 23.7. The molecule has 3 aromatic rings. The lowest BCUT2D eigenvalue weighted by Gasteiger charge is -2.45. The van der Waals surface area contributed by atoms with Crippen molar-refractivity contribution in [2.75, 3.05) is 0 Å². The average Bonchev–Trinajstić information content (AvgIpc) is 2.88. The molecule has 0 bridgehead atoms. The quantitative estimate of drug-likeness (QED) is 0.310. The van der Waals surface area contributed by atoms with Crippen LogP contribution in [0.1, 0.15) is 49.3 Å². The second-order valence-corrected chi connectivity index (χ2v) is 8.54. The summed E-state index contributed by atoms with van der Waals surface area (Å²) in [6.07, 6.45) is 2.78. The van der Waals surface area contributed by atoms with Gasteiger partial charge in [-0.05, 0) is 23.1 Å². The van der Waals surface area contributed by atoms with E-state index in [0.29, 0.717) is 19.8 Å². The smallest absolute Gasteiger partial charge is 0.195 e. The molecule has 33 heavy (non-hydrogen) atoms. The van der Waals surface area contributed by atoms with E-state index in [-0.39, 0.29) is 12.4 Å². The van der Waals surface area contributed by atoms with E-state index < -0.39 is 5.79 Å². The van der Waals surface area contributed by atoms with Crippen LogP contribution in [0.25, 0.3) is 0 Å². The second-order valence-electron chi connectivity index (χ2n) is 8.54. The summed E-state index contributed by atoms with van der Waals surface area (Å²) in [6.45, 7) is 3.66. The molecule has 0 N–H and O–H groups in total. The van der Waals surface area contributed by atoms with E-state index >= 15 is 0 Å². The molecule has 1 heterocycles. The standard InChI is InChI=1S/C29H34O4/c1-2-12-27-29(31-22-25-15-8-4-9-16-25,32-23-26-17-10-5-11-18-26)20-19-28(33-27)30-21-24-13-6-3-7-14-24/h3-11,13-18,27-28H,2,12,19-23H2,1H3. The molecule has 2 unspecified atom stereocenters. The molecular formula is C29H34O4. The molecule has 4 rings (SSSR count). The van der Waals surface area contributed by atoms with Crippen LogP contribution >= 0.6 is 0 Å². The van der Waals surface area contributed by atoms with Crippen molar-refractivity contribution in [1.29, 1.82) is 0 Å². The molecule has 1 aliphatic heterocycles. The van der Waals surface area contributed by atoms with Crippen LogP contribution in [0, 0.1) is 0 Å². The predicted octanol–water partition coefficient (Wildman–Crippen LogP) is 6.64. The van der Waals surface area contributed by atoms with Crippen molar-refractivity contribution in [2.24, 2.45) is 0 Å². The van der Waals surface area contributed by atoms with Gasteiger partial charge in [0.05, 0.1) is 19.8 Å². The Morgan fingerprint density at radius 3 is 1.70 bits per heavy atom. The third-order valence-corrected chi connectivity index (χ3v) is 6.02. The first-order valence-electron chi connectivity index (χ1n) is 11.9. The minimum Gasteiger partial charge on any atom is -0.348 e. The van der Waals surface area contributed by atoms with Gasteiger partial charge in [0.25, 0.3) is 0 Å². The van der Waals surface area contributed by atoms with Crippen molar-refractivity contribution >= 4 is 0 Å². The Morgan fingerprint density at radius 1 is 0.727 bits per heavy atom. The third kappa shape index (κ3) is 6.75. The van der Waals surface area contributed by atoms with Crippen molar-refractivity contribution in [3.63, 3.8) is 0 Å². The molecule has 1 fully saturated rings. The summed E-state index contributed by atoms with van der Waals surface area (Å²) in [7, 11) is 0. The minimum absolute atomic E-state index is 0.204. The molecule has 3 aromatic carbocycles. The van der Waals surface area contributed by atoms with Gasteiger partial charge in [-0.15, -0.1) is 0 Å². The van der Waals surface area contributed by atoms with E-state index in [1.54, 1.807) is 0 Å². The number of benzene rings is 3. The number of rotatable bonds is 11. The SMILES string of the molecule is CCCC1OC(OCc2ccccc2)CCC1(OCc1ccccc1)OCc1ccccc1. The van der Waals surface area contributed by atoms with Crippen LogP contribution in [0.15, 0.2) is 91.0 Å². The Labute approximate surface area is 197 Å². The molecule has 0 aliphatic carbocycles. The first-order chi connectivity index (χ1) is 16.3. The van der Waals surface area contributed by atoms with Gasteiger partial charge in [0.2, 0.25) is 0 Å². The largest absolute Gasteiger partial charge is 0.348 e. The van der Waals surface area contributed by atoms with Gasteiger partial charge in [0.1, 0.15) is 6.10 Å². The maximum absolute atomic E-state index is 6.55. The zero-order valence-corrected chi connectivity index (χ0v) is 19.4. The second kappa shape index (κ2) is 12.1. The molecule has 174 valence electrons. The zero-order valence-electron chi connectivity index (χ0n) is 19.4. The topological polar surface area (TPSA) is 36.9 Å². The van der Waals surface area contributed by atoms with E-state index in [9.17, 15) is 0 Å². The van der Waals surface area contributed by atoms with Crippen molar-refractivity contribution in [2.45, 2.75) is 70.6 Å². The fraction of sp³-hybridized carbons (Fsp3) is 0.379. The molecule has 1 saturated heterocycles. The number of hydrogen-bond acceptors (Lipinski definition) is 4. The van der Waals surface area contributed by atoms with Gasteiger partial charge in [-0.2, -0.15) is 0 Å². The molecule has 0 radical (unpaired) electrons. The van der Waals surface area contributed by atoms with Crippen LogP contribution in [-0.2, 0) is 38.8 Å². The van der Waals surface area contributed by atoms with Gasteiger partial charge < -0.3 is 18.9 Å². The fourth-order valence-electron chi connectivity index (χ4n) is 4.20. The van der Waals surface area contributed by atoms with Crippen LogP contribution in [0.4, 0.5) is 0 Å². The average molecular weight is 447 g/mol. The monoisotopic (exact) mass is 446 g/mol. The molecule has 2 atom stereocenters. The number of ether oxygens (including phenoxy) is 4. The summed E-state index contributed by atoms with van der Waals surface area (Å²) in [5, 5.41) is 0. The lowest BCUT2D eigenvalue weighted by atomic mass is 9.96. The van der Waals surface area contributed by atoms with Crippen molar-refractivity contribution < 1.29 is 18.9 Å². The highest BCUT2D eigenvalue weighted by Crippen LogP contribution is 2.38. The Bertz CT molecular complexity index is 886. The Morgan fingerprint density at radius 2 is 1.21 bits per heavy atom. The Hall–Kier alpha value is -2.50. The van der Waals surface area contributed by atoms with Crippen LogP contribution in [0.5, 0.6) is 0 Å². The predicted molar refractivity (Wildman–Crippen MR) is 129 cm³/mol. The summed E-state index contributed by atoms with van der Waals surface area (Å²) in [6, 6.07) is 30.7. The maximum atomic E-state index is 6.55. The highest BCUT2D eigenvalue weighted by atomic mass is 16.7. The van der Waals surface area contributed by atoms with Crippen LogP contribution in [-0.4, -0.2) is 18.2 Å². The van der Waals surface area contributed by atoms with Crippen LogP contribution in [0.2, 0.25) is 0 Å². The van der Waals surface area contributed by atoms with Gasteiger partial charge >= 0.3 is 0 Å². The van der Waals surface area contributed by atoms with Crippen molar-refractivity contribution in [1.82, 2.24) is 0 Å². The summed E-state index contributed by atoms with van der Waals surface area (Å²) in [5.74, 6) is -0.811. The molecule has 1 aliphatic rings. The fourth-order valence-corrected chi connectivity index (χ4v) is 4.20. The van der Waals surface area contributed by atoms with Gasteiger partial charge in [0, 0.05) is 12.8 Å². The van der Waals surface area contributed by atoms with Gasteiger partial charge in [-0.25, -0.2) is 0 Å². The van der Waals surface area contributed by atoms with Crippen LogP contribution in [0.3, 0.4) is 0 Å². The molecular weight excluding hydrogens is 412 g/mol. The Kier molecular flexibility index (Phi) is 8.67. The molecule has 0 amide bonds. The molecule has 0 saturated carbocycles. The van der Waals surface area contributed by atoms with E-state index in [4.69, 9.17) is 18.9 Å². The summed E-state index contributed by atoms with van der Waals surface area (Å²) >= 11 is 0. The van der Waals surface area contributed by atoms with E-state index in [2.05, 4.69) is 43.3 Å². The Balaban J connectivity index is 1.47. The highest BCUT2D eigenvalue weighted by Gasteiger charge is 2.47. The van der Waals surface area contributed by atoms with Gasteiger partial charge in [0.15, 0.2) is 12.1 Å². The van der Waals surface area contributed by atoms with E-state index in [1.165, 1.54) is 0 Å². The number of hydrogen-bond donors (Lipinski definition) is 0. The molecule has 4 nitrogen and oxygen atoms in total. The minimum atomic E-state index is -0.811. The highest BCUT2D eigenvalue weighted by molar-refractivity contribution is 5.15.